The average molecular weight is 286 g/mol. The van der Waals surface area contributed by atoms with Crippen molar-refractivity contribution in [1.82, 2.24) is 0 Å². The van der Waals surface area contributed by atoms with Gasteiger partial charge in [0.1, 0.15) is 5.75 Å². The van der Waals surface area contributed by atoms with Gasteiger partial charge >= 0.3 is 12.4 Å². The van der Waals surface area contributed by atoms with Crippen molar-refractivity contribution < 1.29 is 35.9 Å². The van der Waals surface area contributed by atoms with Crippen LogP contribution in [0.2, 0.25) is 0 Å². The van der Waals surface area contributed by atoms with E-state index in [2.05, 4.69) is 4.74 Å². The highest BCUT2D eigenvalue weighted by Crippen LogP contribution is 2.41. The molecule has 0 atom stereocenters. The number of hydrogen-bond donors (Lipinski definition) is 0. The number of ether oxygens (including phenoxy) is 1. The lowest BCUT2D eigenvalue weighted by atomic mass is 9.96. The molecule has 0 N–H and O–H groups in total. The van der Waals surface area contributed by atoms with Crippen molar-refractivity contribution in [1.29, 1.82) is 0 Å². The molecule has 2 nitrogen and oxygen atoms in total. The van der Waals surface area contributed by atoms with Crippen molar-refractivity contribution in [3.8, 4) is 5.75 Å². The summed E-state index contributed by atoms with van der Waals surface area (Å²) in [5.74, 6) is -6.10. The second-order valence-electron chi connectivity index (χ2n) is 3.61. The predicted molar refractivity (Wildman–Crippen MR) is 52.9 cm³/mol. The highest BCUT2D eigenvalue weighted by atomic mass is 19.4. The number of carbonyl (C=O) groups is 1. The van der Waals surface area contributed by atoms with E-state index in [1.165, 1.54) is 13.2 Å². The zero-order valence-electron chi connectivity index (χ0n) is 9.47. The van der Waals surface area contributed by atoms with E-state index in [0.717, 1.165) is 18.2 Å². The molecule has 0 aliphatic heterocycles. The molecule has 0 aliphatic carbocycles. The van der Waals surface area contributed by atoms with Crippen molar-refractivity contribution in [3.63, 3.8) is 0 Å². The molecule has 0 aromatic heterocycles. The SMILES string of the molecule is COc1cccc(C(=O)C(C(F)(F)F)C(F)(F)F)c1. The van der Waals surface area contributed by atoms with Crippen molar-refractivity contribution in [2.45, 2.75) is 12.4 Å². The first-order chi connectivity index (χ1) is 8.57. The monoisotopic (exact) mass is 286 g/mol. The molecule has 106 valence electrons. The molecule has 8 heteroatoms. The molecule has 0 spiro atoms. The lowest BCUT2D eigenvalue weighted by molar-refractivity contribution is -0.264. The van der Waals surface area contributed by atoms with Crippen LogP contribution in [0.15, 0.2) is 24.3 Å². The smallest absolute Gasteiger partial charge is 0.407 e. The van der Waals surface area contributed by atoms with Crippen LogP contribution in [-0.4, -0.2) is 25.2 Å². The number of alkyl halides is 6. The molecule has 0 radical (unpaired) electrons. The Bertz CT molecular complexity index is 449. The van der Waals surface area contributed by atoms with Crippen LogP contribution in [-0.2, 0) is 0 Å². The van der Waals surface area contributed by atoms with Crippen LogP contribution in [0.5, 0.6) is 5.75 Å². The number of Topliss-reactive ketones (excluding diaryl/α,β-unsaturated/α-hetero) is 1. The number of hydrogen-bond acceptors (Lipinski definition) is 2. The fourth-order valence-corrected chi connectivity index (χ4v) is 1.43. The Morgan fingerprint density at radius 2 is 1.63 bits per heavy atom. The van der Waals surface area contributed by atoms with Gasteiger partial charge in [-0.25, -0.2) is 0 Å². The average Bonchev–Trinajstić information content (AvgIpc) is 2.25. The summed E-state index contributed by atoms with van der Waals surface area (Å²) in [6, 6.07) is 4.13. The van der Waals surface area contributed by atoms with E-state index in [0.29, 0.717) is 0 Å². The van der Waals surface area contributed by atoms with Gasteiger partial charge in [0, 0.05) is 5.56 Å². The van der Waals surface area contributed by atoms with Gasteiger partial charge in [0.25, 0.3) is 0 Å². The Balaban J connectivity index is 3.20. The fourth-order valence-electron chi connectivity index (χ4n) is 1.43. The number of benzene rings is 1. The quantitative estimate of drug-likeness (QED) is 0.626. The minimum Gasteiger partial charge on any atom is -0.497 e. The van der Waals surface area contributed by atoms with Gasteiger partial charge in [0.05, 0.1) is 7.11 Å². The molecule has 0 amide bonds. The van der Waals surface area contributed by atoms with Gasteiger partial charge in [-0.3, -0.25) is 4.79 Å². The van der Waals surface area contributed by atoms with Crippen LogP contribution in [0.25, 0.3) is 0 Å². The van der Waals surface area contributed by atoms with E-state index in [9.17, 15) is 31.1 Å². The first kappa shape index (κ1) is 15.3. The maximum absolute atomic E-state index is 12.4. The third-order valence-corrected chi connectivity index (χ3v) is 2.27. The van der Waals surface area contributed by atoms with Gasteiger partial charge in [0.15, 0.2) is 5.78 Å². The third-order valence-electron chi connectivity index (χ3n) is 2.27. The maximum atomic E-state index is 12.4. The van der Waals surface area contributed by atoms with E-state index in [1.54, 1.807) is 0 Å². The summed E-state index contributed by atoms with van der Waals surface area (Å²) in [6.45, 7) is 0. The van der Waals surface area contributed by atoms with E-state index < -0.39 is 29.6 Å². The Hall–Kier alpha value is -1.73. The minimum atomic E-state index is -5.70. The number of carbonyl (C=O) groups excluding carboxylic acids is 1. The summed E-state index contributed by atoms with van der Waals surface area (Å²) in [6.07, 6.45) is -11.4. The van der Waals surface area contributed by atoms with Crippen molar-refractivity contribution >= 4 is 5.78 Å². The molecule has 0 heterocycles. The van der Waals surface area contributed by atoms with Gasteiger partial charge in [-0.15, -0.1) is 0 Å². The molecule has 0 fully saturated rings. The maximum Gasteiger partial charge on any atom is 0.407 e. The molecule has 1 aromatic carbocycles. The van der Waals surface area contributed by atoms with E-state index >= 15 is 0 Å². The van der Waals surface area contributed by atoms with Crippen molar-refractivity contribution in [2.75, 3.05) is 7.11 Å². The van der Waals surface area contributed by atoms with Gasteiger partial charge in [0.2, 0.25) is 5.92 Å². The molecule has 0 bridgehead atoms. The lowest BCUT2D eigenvalue weighted by Crippen LogP contribution is -2.42. The van der Waals surface area contributed by atoms with E-state index in [-0.39, 0.29) is 5.75 Å². The molecule has 19 heavy (non-hydrogen) atoms. The normalized spacial score (nSPS) is 12.6. The van der Waals surface area contributed by atoms with Gasteiger partial charge in [-0.2, -0.15) is 26.3 Å². The highest BCUT2D eigenvalue weighted by Gasteiger charge is 2.60. The lowest BCUT2D eigenvalue weighted by Gasteiger charge is -2.21. The second kappa shape index (κ2) is 5.10. The zero-order valence-corrected chi connectivity index (χ0v) is 9.47. The van der Waals surface area contributed by atoms with Gasteiger partial charge in [-0.05, 0) is 12.1 Å². The Labute approximate surface area is 104 Å². The molecule has 0 saturated carbocycles. The summed E-state index contributed by atoms with van der Waals surface area (Å²) < 4.78 is 78.8. The number of methoxy groups -OCH3 is 1. The topological polar surface area (TPSA) is 26.3 Å². The summed E-state index contributed by atoms with van der Waals surface area (Å²) in [7, 11) is 1.18. The van der Waals surface area contributed by atoms with Crippen molar-refractivity contribution in [2.24, 2.45) is 5.92 Å². The molecule has 1 aromatic rings. The van der Waals surface area contributed by atoms with Crippen LogP contribution < -0.4 is 4.74 Å². The number of rotatable bonds is 3. The second-order valence-corrected chi connectivity index (χ2v) is 3.61. The highest BCUT2D eigenvalue weighted by molar-refractivity contribution is 5.99. The Morgan fingerprint density at radius 3 is 2.05 bits per heavy atom. The van der Waals surface area contributed by atoms with Crippen molar-refractivity contribution in [3.05, 3.63) is 29.8 Å². The standard InChI is InChI=1S/C11H8F6O2/c1-19-7-4-2-3-6(5-7)8(18)9(10(12,13)14)11(15,16)17/h2-5,9H,1H3. The molecular formula is C11H8F6O2. The summed E-state index contributed by atoms with van der Waals surface area (Å²) in [5.41, 5.74) is -0.709. The first-order valence-electron chi connectivity index (χ1n) is 4.89. The largest absolute Gasteiger partial charge is 0.497 e. The third kappa shape index (κ3) is 3.62. The van der Waals surface area contributed by atoms with Crippen LogP contribution >= 0.6 is 0 Å². The summed E-state index contributed by atoms with van der Waals surface area (Å²) >= 11 is 0. The summed E-state index contributed by atoms with van der Waals surface area (Å²) in [4.78, 5) is 11.4. The fraction of sp³-hybridized carbons (Fsp3) is 0.364. The molecule has 0 unspecified atom stereocenters. The Morgan fingerprint density at radius 1 is 1.11 bits per heavy atom. The molecule has 0 saturated heterocycles. The van der Waals surface area contributed by atoms with E-state index in [1.807, 2.05) is 0 Å². The molecule has 0 aliphatic rings. The predicted octanol–water partition coefficient (Wildman–Crippen LogP) is 3.62. The van der Waals surface area contributed by atoms with Gasteiger partial charge in [-0.1, -0.05) is 12.1 Å². The molecule has 1 rings (SSSR count). The van der Waals surface area contributed by atoms with Crippen LogP contribution in [0.3, 0.4) is 0 Å². The zero-order chi connectivity index (χ0) is 14.8. The van der Waals surface area contributed by atoms with Crippen LogP contribution in [0, 0.1) is 5.92 Å². The van der Waals surface area contributed by atoms with Crippen LogP contribution in [0.1, 0.15) is 10.4 Å². The molecular weight excluding hydrogens is 278 g/mol. The van der Waals surface area contributed by atoms with Crippen LogP contribution in [0.4, 0.5) is 26.3 Å². The van der Waals surface area contributed by atoms with E-state index in [4.69, 9.17) is 0 Å². The first-order valence-corrected chi connectivity index (χ1v) is 4.89. The minimum absolute atomic E-state index is 0.00560. The number of ketones is 1. The summed E-state index contributed by atoms with van der Waals surface area (Å²) in [5, 5.41) is 0. The number of halogens is 6. The Kier molecular flexibility index (Phi) is 4.12. The van der Waals surface area contributed by atoms with Gasteiger partial charge < -0.3 is 4.74 Å².